The van der Waals surface area contributed by atoms with Crippen LogP contribution in [0.25, 0.3) is 0 Å². The molecule has 0 aromatic heterocycles. The number of ether oxygens (including phenoxy) is 1. The van der Waals surface area contributed by atoms with Crippen LogP contribution >= 0.6 is 0 Å². The zero-order valence-electron chi connectivity index (χ0n) is 11.1. The predicted octanol–water partition coefficient (Wildman–Crippen LogP) is 2.75. The topological polar surface area (TPSA) is 18.5 Å². The summed E-state index contributed by atoms with van der Waals surface area (Å²) in [6.07, 6.45) is 3.42. The van der Waals surface area contributed by atoms with Crippen LogP contribution in [-0.2, 0) is 9.39 Å². The molecule has 1 heterocycles. The number of hydrogen-bond acceptors (Lipinski definition) is 2. The highest BCUT2D eigenvalue weighted by atomic mass is 16.5. The van der Waals surface area contributed by atoms with Crippen molar-refractivity contribution in [1.82, 2.24) is 0 Å². The van der Waals surface area contributed by atoms with Gasteiger partial charge in [0.2, 0.25) is 0 Å². The molecule has 0 N–H and O–H groups in total. The van der Waals surface area contributed by atoms with Crippen LogP contribution in [0.4, 0.5) is 0 Å². The van der Waals surface area contributed by atoms with E-state index in [9.17, 15) is 0 Å². The Labute approximate surface area is 99.7 Å². The molecule has 1 saturated heterocycles. The first kappa shape index (κ1) is 12.2. The van der Waals surface area contributed by atoms with E-state index in [-0.39, 0.29) is 11.0 Å². The Hall–Kier alpha value is -0.275. The first-order chi connectivity index (χ1) is 7.24. The summed E-state index contributed by atoms with van der Waals surface area (Å²) in [5.74, 6) is 0. The molecular formula is C13H22BO2. The van der Waals surface area contributed by atoms with E-state index >= 15 is 0 Å². The molecule has 2 nitrogen and oxygen atoms in total. The van der Waals surface area contributed by atoms with Crippen LogP contribution in [0, 0.1) is 10.8 Å². The van der Waals surface area contributed by atoms with Crippen LogP contribution in [0.2, 0.25) is 0 Å². The molecule has 1 fully saturated rings. The second-order valence-corrected chi connectivity index (χ2v) is 6.75. The van der Waals surface area contributed by atoms with E-state index in [1.54, 1.807) is 0 Å². The van der Waals surface area contributed by atoms with Crippen LogP contribution in [0.1, 0.15) is 41.0 Å². The lowest BCUT2D eigenvalue weighted by Gasteiger charge is -2.47. The van der Waals surface area contributed by atoms with E-state index < -0.39 is 0 Å². The van der Waals surface area contributed by atoms with Gasteiger partial charge in [-0.05, 0) is 25.7 Å². The van der Waals surface area contributed by atoms with Crippen LogP contribution < -0.4 is 0 Å². The minimum absolute atomic E-state index is 0.132. The summed E-state index contributed by atoms with van der Waals surface area (Å²) in [6.45, 7) is 12.7. The quantitative estimate of drug-likeness (QED) is 0.682. The van der Waals surface area contributed by atoms with Gasteiger partial charge < -0.3 is 9.39 Å². The summed E-state index contributed by atoms with van der Waals surface area (Å²) in [4.78, 5) is 0. The molecule has 0 amide bonds. The maximum absolute atomic E-state index is 5.93. The molecule has 1 aliphatic carbocycles. The Bertz CT molecular complexity index is 308. The highest BCUT2D eigenvalue weighted by Crippen LogP contribution is 2.45. The molecule has 0 saturated carbocycles. The van der Waals surface area contributed by atoms with Crippen molar-refractivity contribution in [3.8, 4) is 0 Å². The van der Waals surface area contributed by atoms with Crippen LogP contribution in [-0.4, -0.2) is 26.3 Å². The third-order valence-corrected chi connectivity index (χ3v) is 4.14. The summed E-state index contributed by atoms with van der Waals surface area (Å²) < 4.78 is 11.2. The van der Waals surface area contributed by atoms with Gasteiger partial charge in [0.05, 0.1) is 18.8 Å². The Kier molecular flexibility index (Phi) is 2.75. The van der Waals surface area contributed by atoms with Gasteiger partial charge in [-0.15, -0.1) is 0 Å². The normalized spacial score (nSPS) is 23.4. The number of rotatable bonds is 3. The minimum Gasteiger partial charge on any atom is -0.429 e. The number of hydrogen-bond donors (Lipinski definition) is 0. The average molecular weight is 221 g/mol. The van der Waals surface area contributed by atoms with Gasteiger partial charge in [0.1, 0.15) is 0 Å². The van der Waals surface area contributed by atoms with Crippen molar-refractivity contribution < 1.29 is 9.39 Å². The van der Waals surface area contributed by atoms with Gasteiger partial charge in [0, 0.05) is 5.41 Å². The van der Waals surface area contributed by atoms with Gasteiger partial charge in [0.15, 0.2) is 0 Å². The van der Waals surface area contributed by atoms with Crippen molar-refractivity contribution in [2.75, 3.05) is 13.2 Å². The zero-order valence-corrected chi connectivity index (χ0v) is 11.1. The molecule has 1 aliphatic heterocycles. The monoisotopic (exact) mass is 221 g/mol. The highest BCUT2D eigenvalue weighted by Gasteiger charge is 2.44. The number of allylic oxidation sites excluding steroid dienone is 1. The highest BCUT2D eigenvalue weighted by molar-refractivity contribution is 6.38. The summed E-state index contributed by atoms with van der Waals surface area (Å²) in [5.41, 5.74) is 1.71. The van der Waals surface area contributed by atoms with Crippen molar-refractivity contribution >= 4 is 7.48 Å². The lowest BCUT2D eigenvalue weighted by molar-refractivity contribution is -0.0918. The van der Waals surface area contributed by atoms with E-state index in [2.05, 4.69) is 40.7 Å². The standard InChI is InChI=1S/C13H22BO2/c1-11(2,3)12(4,5)16-14-10-6-13(7-10)8-15-9-13/h6H,7-9H2,1-5H3. The van der Waals surface area contributed by atoms with Gasteiger partial charge in [-0.25, -0.2) is 0 Å². The summed E-state index contributed by atoms with van der Waals surface area (Å²) in [6, 6.07) is 0. The van der Waals surface area contributed by atoms with E-state index in [1.807, 2.05) is 7.48 Å². The second-order valence-electron chi connectivity index (χ2n) is 6.75. The van der Waals surface area contributed by atoms with Gasteiger partial charge >= 0.3 is 7.48 Å². The van der Waals surface area contributed by atoms with Crippen LogP contribution in [0.3, 0.4) is 0 Å². The van der Waals surface area contributed by atoms with Crippen molar-refractivity contribution in [2.45, 2.75) is 46.6 Å². The molecule has 3 heteroatoms. The average Bonchev–Trinajstić information content (AvgIpc) is 1.95. The molecule has 1 spiro atoms. The SMILES string of the molecule is CC(C)(C)C(C)(C)O[B]C1=CC2(COC2)C1. The summed E-state index contributed by atoms with van der Waals surface area (Å²) in [7, 11) is 1.94. The first-order valence-electron chi connectivity index (χ1n) is 6.05. The summed E-state index contributed by atoms with van der Waals surface area (Å²) >= 11 is 0. The van der Waals surface area contributed by atoms with Crippen LogP contribution in [0.5, 0.6) is 0 Å². The predicted molar refractivity (Wildman–Crippen MR) is 66.3 cm³/mol. The molecule has 1 radical (unpaired) electrons. The molecule has 16 heavy (non-hydrogen) atoms. The van der Waals surface area contributed by atoms with Crippen molar-refractivity contribution in [2.24, 2.45) is 10.8 Å². The van der Waals surface area contributed by atoms with E-state index in [4.69, 9.17) is 9.39 Å². The molecule has 89 valence electrons. The zero-order chi connectivity index (χ0) is 12.0. The Morgan fingerprint density at radius 3 is 2.19 bits per heavy atom. The van der Waals surface area contributed by atoms with Gasteiger partial charge in [0.25, 0.3) is 0 Å². The fourth-order valence-corrected chi connectivity index (χ4v) is 1.80. The van der Waals surface area contributed by atoms with E-state index in [0.717, 1.165) is 19.6 Å². The maximum atomic E-state index is 5.93. The second kappa shape index (κ2) is 3.61. The van der Waals surface area contributed by atoms with Crippen molar-refractivity contribution in [3.63, 3.8) is 0 Å². The third kappa shape index (κ3) is 2.08. The molecule has 0 atom stereocenters. The maximum Gasteiger partial charge on any atom is 0.326 e. The molecule has 2 rings (SSSR count). The van der Waals surface area contributed by atoms with Crippen LogP contribution in [0.15, 0.2) is 11.5 Å². The Morgan fingerprint density at radius 2 is 1.81 bits per heavy atom. The molecular weight excluding hydrogens is 199 g/mol. The Balaban J connectivity index is 1.83. The lowest BCUT2D eigenvalue weighted by atomic mass is 9.60. The van der Waals surface area contributed by atoms with Crippen molar-refractivity contribution in [3.05, 3.63) is 11.5 Å². The smallest absolute Gasteiger partial charge is 0.326 e. The van der Waals surface area contributed by atoms with E-state index in [0.29, 0.717) is 5.41 Å². The molecule has 0 bridgehead atoms. The molecule has 0 aromatic rings. The summed E-state index contributed by atoms with van der Waals surface area (Å²) in [5, 5.41) is 0. The molecule has 0 aromatic carbocycles. The minimum atomic E-state index is -0.132. The van der Waals surface area contributed by atoms with Gasteiger partial charge in [-0.1, -0.05) is 32.3 Å². The third-order valence-electron chi connectivity index (χ3n) is 4.14. The van der Waals surface area contributed by atoms with Crippen molar-refractivity contribution in [1.29, 1.82) is 0 Å². The lowest BCUT2D eigenvalue weighted by Crippen LogP contribution is -2.48. The van der Waals surface area contributed by atoms with E-state index in [1.165, 1.54) is 5.47 Å². The largest absolute Gasteiger partial charge is 0.429 e. The van der Waals surface area contributed by atoms with Gasteiger partial charge in [-0.2, -0.15) is 0 Å². The fraction of sp³-hybridized carbons (Fsp3) is 0.846. The molecule has 0 unspecified atom stereocenters. The van der Waals surface area contributed by atoms with Gasteiger partial charge in [-0.3, -0.25) is 0 Å². The Morgan fingerprint density at radius 1 is 1.25 bits per heavy atom. The fourth-order valence-electron chi connectivity index (χ4n) is 1.80. The first-order valence-corrected chi connectivity index (χ1v) is 6.05. The molecule has 2 aliphatic rings.